The number of carbonyl (C=O) groups is 1. The number of carbonyl (C=O) groups excluding carboxylic acids is 1. The van der Waals surface area contributed by atoms with Gasteiger partial charge in [-0.15, -0.1) is 0 Å². The van der Waals surface area contributed by atoms with E-state index in [-0.39, 0.29) is 18.2 Å². The topological polar surface area (TPSA) is 40.5 Å². The third-order valence-electron chi connectivity index (χ3n) is 3.02. The molecule has 1 fully saturated rings. The molecule has 21 heavy (non-hydrogen) atoms. The van der Waals surface area contributed by atoms with E-state index in [4.69, 9.17) is 5.11 Å². The van der Waals surface area contributed by atoms with Gasteiger partial charge in [0, 0.05) is 17.2 Å². The van der Waals surface area contributed by atoms with Gasteiger partial charge in [0.15, 0.2) is 0 Å². The zero-order valence-electron chi connectivity index (χ0n) is 11.2. The van der Waals surface area contributed by atoms with Gasteiger partial charge in [-0.05, 0) is 31.0 Å². The molecule has 0 heterocycles. The molecule has 112 valence electrons. The van der Waals surface area contributed by atoms with Crippen molar-refractivity contribution in [1.29, 1.82) is 0 Å². The number of rotatable bonds is 3. The van der Waals surface area contributed by atoms with E-state index in [9.17, 15) is 18.0 Å². The Labute approximate surface area is 120 Å². The van der Waals surface area contributed by atoms with Crippen molar-refractivity contribution in [2.24, 2.45) is 0 Å². The van der Waals surface area contributed by atoms with Gasteiger partial charge in [0.05, 0.1) is 0 Å². The number of hydrogen-bond acceptors (Lipinski definition) is 2. The van der Waals surface area contributed by atoms with E-state index >= 15 is 0 Å². The first-order chi connectivity index (χ1) is 9.90. The maximum atomic E-state index is 12.6. The van der Waals surface area contributed by atoms with Crippen LogP contribution in [0.15, 0.2) is 24.3 Å². The second-order valence-electron chi connectivity index (χ2n) is 4.82. The van der Waals surface area contributed by atoms with Crippen LogP contribution in [-0.4, -0.2) is 41.3 Å². The lowest BCUT2D eigenvalue weighted by molar-refractivity contribution is -0.141. The minimum Gasteiger partial charge on any atom is -0.384 e. The van der Waals surface area contributed by atoms with E-state index in [0.717, 1.165) is 4.90 Å². The largest absolute Gasteiger partial charge is 0.406 e. The Hall–Kier alpha value is -2.00. The minimum absolute atomic E-state index is 0.177. The zero-order chi connectivity index (χ0) is 15.5. The van der Waals surface area contributed by atoms with Gasteiger partial charge in [-0.25, -0.2) is 0 Å². The van der Waals surface area contributed by atoms with Gasteiger partial charge in [-0.2, -0.15) is 13.2 Å². The zero-order valence-corrected chi connectivity index (χ0v) is 11.2. The standard InChI is InChI=1S/C15H14F3NO2/c16-15(17,18)10-19(13-6-7-13)14(21)12-5-1-3-11(9-12)4-2-8-20/h1,3,5,9,13,20H,6-8,10H2. The fourth-order valence-electron chi connectivity index (χ4n) is 1.98. The number of nitrogens with zero attached hydrogens (tertiary/aromatic N) is 1. The molecule has 1 aliphatic rings. The van der Waals surface area contributed by atoms with Crippen LogP contribution in [0.25, 0.3) is 0 Å². The Morgan fingerprint density at radius 3 is 2.67 bits per heavy atom. The van der Waals surface area contributed by atoms with Crippen molar-refractivity contribution < 1.29 is 23.1 Å². The molecular weight excluding hydrogens is 283 g/mol. The number of halogens is 3. The summed E-state index contributed by atoms with van der Waals surface area (Å²) >= 11 is 0. The first-order valence-corrected chi connectivity index (χ1v) is 6.48. The Kier molecular flexibility index (Phi) is 4.53. The summed E-state index contributed by atoms with van der Waals surface area (Å²) < 4.78 is 37.7. The SMILES string of the molecule is O=C(c1cccc(C#CCO)c1)N(CC(F)(F)F)C1CC1. The summed E-state index contributed by atoms with van der Waals surface area (Å²) in [5.74, 6) is 4.43. The molecule has 0 aromatic heterocycles. The van der Waals surface area contributed by atoms with Crippen molar-refractivity contribution in [3.63, 3.8) is 0 Å². The molecule has 6 heteroatoms. The first kappa shape index (κ1) is 15.4. The quantitative estimate of drug-likeness (QED) is 0.869. The molecule has 1 saturated carbocycles. The van der Waals surface area contributed by atoms with E-state index in [0.29, 0.717) is 18.4 Å². The summed E-state index contributed by atoms with van der Waals surface area (Å²) in [6, 6.07) is 5.78. The summed E-state index contributed by atoms with van der Waals surface area (Å²) in [4.78, 5) is 13.1. The molecule has 3 nitrogen and oxygen atoms in total. The molecule has 1 aliphatic carbocycles. The number of hydrogen-bond donors (Lipinski definition) is 1. The van der Waals surface area contributed by atoms with E-state index in [2.05, 4.69) is 11.8 Å². The van der Waals surface area contributed by atoms with Crippen LogP contribution in [0.1, 0.15) is 28.8 Å². The lowest BCUT2D eigenvalue weighted by Gasteiger charge is -2.23. The van der Waals surface area contributed by atoms with E-state index in [1.165, 1.54) is 12.1 Å². The molecule has 1 N–H and O–H groups in total. The van der Waals surface area contributed by atoms with Crippen LogP contribution >= 0.6 is 0 Å². The molecular formula is C15H14F3NO2. The molecule has 0 spiro atoms. The van der Waals surface area contributed by atoms with Crippen LogP contribution < -0.4 is 0 Å². The predicted molar refractivity (Wildman–Crippen MR) is 70.5 cm³/mol. The van der Waals surface area contributed by atoms with Crippen LogP contribution in [0.5, 0.6) is 0 Å². The van der Waals surface area contributed by atoms with Gasteiger partial charge < -0.3 is 10.0 Å². The van der Waals surface area contributed by atoms with Gasteiger partial charge in [0.2, 0.25) is 0 Å². The normalized spacial score (nSPS) is 14.3. The highest BCUT2D eigenvalue weighted by Gasteiger charge is 2.40. The first-order valence-electron chi connectivity index (χ1n) is 6.48. The van der Waals surface area contributed by atoms with Crippen LogP contribution in [0, 0.1) is 11.8 Å². The van der Waals surface area contributed by atoms with Gasteiger partial charge in [0.1, 0.15) is 13.2 Å². The van der Waals surface area contributed by atoms with Crippen LogP contribution in [0.2, 0.25) is 0 Å². The Bertz CT molecular complexity index is 583. The molecule has 0 aliphatic heterocycles. The molecule has 0 bridgehead atoms. The predicted octanol–water partition coefficient (Wildman–Crippen LogP) is 2.20. The van der Waals surface area contributed by atoms with E-state index in [1.54, 1.807) is 12.1 Å². The monoisotopic (exact) mass is 297 g/mol. The van der Waals surface area contributed by atoms with Crippen molar-refractivity contribution in [2.75, 3.05) is 13.2 Å². The number of aliphatic hydroxyl groups excluding tert-OH is 1. The second kappa shape index (κ2) is 6.19. The lowest BCUT2D eigenvalue weighted by atomic mass is 10.1. The summed E-state index contributed by atoms with van der Waals surface area (Å²) in [5, 5.41) is 8.63. The number of aliphatic hydroxyl groups is 1. The maximum absolute atomic E-state index is 12.6. The molecule has 2 rings (SSSR count). The summed E-state index contributed by atoms with van der Waals surface area (Å²) in [5.41, 5.74) is 0.661. The van der Waals surface area contributed by atoms with Crippen molar-refractivity contribution in [3.05, 3.63) is 35.4 Å². The van der Waals surface area contributed by atoms with Crippen molar-refractivity contribution in [3.8, 4) is 11.8 Å². The second-order valence-corrected chi connectivity index (χ2v) is 4.82. The van der Waals surface area contributed by atoms with Gasteiger partial charge in [-0.1, -0.05) is 17.9 Å². The van der Waals surface area contributed by atoms with Crippen LogP contribution in [0.4, 0.5) is 13.2 Å². The Balaban J connectivity index is 2.20. The molecule has 1 aromatic carbocycles. The molecule has 0 unspecified atom stereocenters. The molecule has 1 amide bonds. The van der Waals surface area contributed by atoms with Crippen LogP contribution in [-0.2, 0) is 0 Å². The van der Waals surface area contributed by atoms with Crippen molar-refractivity contribution in [2.45, 2.75) is 25.1 Å². The molecule has 0 saturated heterocycles. The van der Waals surface area contributed by atoms with Gasteiger partial charge in [-0.3, -0.25) is 4.79 Å². The fraction of sp³-hybridized carbons (Fsp3) is 0.400. The summed E-state index contributed by atoms with van der Waals surface area (Å²) in [7, 11) is 0. The molecule has 0 radical (unpaired) electrons. The maximum Gasteiger partial charge on any atom is 0.406 e. The lowest BCUT2D eigenvalue weighted by Crippen LogP contribution is -2.40. The van der Waals surface area contributed by atoms with Gasteiger partial charge in [0.25, 0.3) is 5.91 Å². The number of alkyl halides is 3. The Morgan fingerprint density at radius 2 is 2.10 bits per heavy atom. The average molecular weight is 297 g/mol. The van der Waals surface area contributed by atoms with E-state index < -0.39 is 18.6 Å². The third kappa shape index (κ3) is 4.50. The highest BCUT2D eigenvalue weighted by atomic mass is 19.4. The van der Waals surface area contributed by atoms with Crippen molar-refractivity contribution in [1.82, 2.24) is 4.90 Å². The highest BCUT2D eigenvalue weighted by molar-refractivity contribution is 5.95. The molecule has 1 aromatic rings. The van der Waals surface area contributed by atoms with Gasteiger partial charge >= 0.3 is 6.18 Å². The number of amides is 1. The minimum atomic E-state index is -4.41. The third-order valence-corrected chi connectivity index (χ3v) is 3.02. The smallest absolute Gasteiger partial charge is 0.384 e. The Morgan fingerprint density at radius 1 is 1.38 bits per heavy atom. The summed E-state index contributed by atoms with van der Waals surface area (Å²) in [6.45, 7) is -1.55. The average Bonchev–Trinajstić information content (AvgIpc) is 3.25. The highest BCUT2D eigenvalue weighted by Crippen LogP contribution is 2.31. The fourth-order valence-corrected chi connectivity index (χ4v) is 1.98. The van der Waals surface area contributed by atoms with Crippen LogP contribution in [0.3, 0.4) is 0 Å². The van der Waals surface area contributed by atoms with E-state index in [1.807, 2.05) is 0 Å². The van der Waals surface area contributed by atoms with Crippen molar-refractivity contribution >= 4 is 5.91 Å². The summed E-state index contributed by atoms with van der Waals surface area (Å²) in [6.07, 6.45) is -3.20. The molecule has 0 atom stereocenters. The number of benzene rings is 1.